The van der Waals surface area contributed by atoms with E-state index in [1.807, 2.05) is 12.1 Å². The van der Waals surface area contributed by atoms with Crippen LogP contribution in [0.5, 0.6) is 0 Å². The Hall–Kier alpha value is -1.62. The van der Waals surface area contributed by atoms with Gasteiger partial charge in [-0.05, 0) is 17.7 Å². The molecule has 0 N–H and O–H groups in total. The van der Waals surface area contributed by atoms with Gasteiger partial charge in [-0.1, -0.05) is 6.07 Å². The molecule has 1 aromatic rings. The average Bonchev–Trinajstić information content (AvgIpc) is 2.03. The lowest BCUT2D eigenvalue weighted by Crippen LogP contribution is -1.71. The van der Waals surface area contributed by atoms with Crippen LogP contribution in [0.25, 0.3) is 6.08 Å². The van der Waals surface area contributed by atoms with Crippen LogP contribution >= 0.6 is 0 Å². The fourth-order valence-electron chi connectivity index (χ4n) is 0.577. The fourth-order valence-corrected chi connectivity index (χ4v) is 0.577. The monoisotopic (exact) mass is 129 g/mol. The lowest BCUT2D eigenvalue weighted by molar-refractivity contribution is 1.32. The first-order chi connectivity index (χ1) is 4.93. The van der Waals surface area contributed by atoms with Crippen molar-refractivity contribution in [2.24, 2.45) is 0 Å². The molecular formula is C8H5N2. The first-order valence-electron chi connectivity index (χ1n) is 2.81. The molecule has 2 nitrogen and oxygen atoms in total. The molecule has 0 aromatic carbocycles. The molecule has 0 atom stereocenters. The highest BCUT2D eigenvalue weighted by atomic mass is 14.6. The Morgan fingerprint density at radius 1 is 1.60 bits per heavy atom. The molecular weight excluding hydrogens is 124 g/mol. The molecule has 10 heavy (non-hydrogen) atoms. The summed E-state index contributed by atoms with van der Waals surface area (Å²) in [6.07, 6.45) is 7.35. The van der Waals surface area contributed by atoms with Crippen molar-refractivity contribution in [2.45, 2.75) is 0 Å². The predicted octanol–water partition coefficient (Wildman–Crippen LogP) is 1.42. The zero-order valence-corrected chi connectivity index (χ0v) is 5.28. The summed E-state index contributed by atoms with van der Waals surface area (Å²) in [4.78, 5) is 3.86. The SMILES string of the molecule is N#C[C]=Cc1cccnc1. The highest BCUT2D eigenvalue weighted by Crippen LogP contribution is 1.96. The summed E-state index contributed by atoms with van der Waals surface area (Å²) < 4.78 is 0. The summed E-state index contributed by atoms with van der Waals surface area (Å²) >= 11 is 0. The molecule has 0 aliphatic carbocycles. The summed E-state index contributed by atoms with van der Waals surface area (Å²) in [7, 11) is 0. The van der Waals surface area contributed by atoms with Gasteiger partial charge in [0.1, 0.15) is 6.07 Å². The number of allylic oxidation sites excluding steroid dienone is 1. The lowest BCUT2D eigenvalue weighted by Gasteiger charge is -1.85. The van der Waals surface area contributed by atoms with Crippen LogP contribution < -0.4 is 0 Å². The first-order valence-corrected chi connectivity index (χ1v) is 2.81. The average molecular weight is 129 g/mol. The maximum absolute atomic E-state index is 8.11. The van der Waals surface area contributed by atoms with Gasteiger partial charge in [0.2, 0.25) is 0 Å². The molecule has 0 amide bonds. The van der Waals surface area contributed by atoms with Crippen molar-refractivity contribution in [3.63, 3.8) is 0 Å². The third-order valence-corrected chi connectivity index (χ3v) is 0.988. The highest BCUT2D eigenvalue weighted by Gasteiger charge is 1.80. The second-order valence-electron chi connectivity index (χ2n) is 1.69. The van der Waals surface area contributed by atoms with E-state index in [-0.39, 0.29) is 0 Å². The van der Waals surface area contributed by atoms with Gasteiger partial charge >= 0.3 is 0 Å². The Labute approximate surface area is 59.4 Å². The predicted molar refractivity (Wildman–Crippen MR) is 37.6 cm³/mol. The molecule has 2 heteroatoms. The van der Waals surface area contributed by atoms with E-state index in [0.717, 1.165) is 5.56 Å². The molecule has 1 aromatic heterocycles. The molecule has 0 fully saturated rings. The van der Waals surface area contributed by atoms with Crippen LogP contribution in [0.15, 0.2) is 24.5 Å². The van der Waals surface area contributed by atoms with Gasteiger partial charge in [-0.2, -0.15) is 5.26 Å². The van der Waals surface area contributed by atoms with Crippen LogP contribution in [0, 0.1) is 17.4 Å². The Bertz CT molecular complexity index is 256. The summed E-state index contributed by atoms with van der Waals surface area (Å²) in [5.41, 5.74) is 0.893. The van der Waals surface area contributed by atoms with E-state index in [0.29, 0.717) is 0 Å². The number of hydrogen-bond acceptors (Lipinski definition) is 2. The van der Waals surface area contributed by atoms with Gasteiger partial charge in [0.15, 0.2) is 0 Å². The minimum atomic E-state index is 0.893. The van der Waals surface area contributed by atoms with Crippen LogP contribution in [0.3, 0.4) is 0 Å². The zero-order chi connectivity index (χ0) is 7.23. The van der Waals surface area contributed by atoms with Gasteiger partial charge in [0.05, 0.1) is 6.08 Å². The van der Waals surface area contributed by atoms with Gasteiger partial charge in [-0.3, -0.25) is 4.98 Å². The quantitative estimate of drug-likeness (QED) is 0.537. The summed E-state index contributed by atoms with van der Waals surface area (Å²) in [5, 5.41) is 8.11. The zero-order valence-electron chi connectivity index (χ0n) is 5.28. The van der Waals surface area contributed by atoms with Gasteiger partial charge in [-0.15, -0.1) is 0 Å². The largest absolute Gasteiger partial charge is 0.264 e. The molecule has 1 heterocycles. The Morgan fingerprint density at radius 3 is 3.10 bits per heavy atom. The van der Waals surface area contributed by atoms with Crippen LogP contribution in [0.2, 0.25) is 0 Å². The first kappa shape index (κ1) is 6.50. The third-order valence-electron chi connectivity index (χ3n) is 0.988. The van der Waals surface area contributed by atoms with E-state index in [4.69, 9.17) is 5.26 Å². The molecule has 0 aliphatic heterocycles. The number of nitriles is 1. The van der Waals surface area contributed by atoms with Crippen molar-refractivity contribution in [1.82, 2.24) is 4.98 Å². The Kier molecular flexibility index (Phi) is 2.22. The van der Waals surface area contributed by atoms with Crippen LogP contribution in [-0.4, -0.2) is 4.98 Å². The van der Waals surface area contributed by atoms with Crippen LogP contribution in [0.4, 0.5) is 0 Å². The lowest BCUT2D eigenvalue weighted by atomic mass is 10.3. The molecule has 0 unspecified atom stereocenters. The van der Waals surface area contributed by atoms with Gasteiger partial charge in [-0.25, -0.2) is 0 Å². The van der Waals surface area contributed by atoms with Gasteiger partial charge in [0, 0.05) is 12.4 Å². The highest BCUT2D eigenvalue weighted by molar-refractivity contribution is 5.47. The van der Waals surface area contributed by atoms with Crippen molar-refractivity contribution in [3.05, 3.63) is 36.2 Å². The summed E-state index contributed by atoms with van der Waals surface area (Å²) in [6, 6.07) is 5.45. The molecule has 0 aliphatic rings. The number of pyridine rings is 1. The second-order valence-corrected chi connectivity index (χ2v) is 1.69. The van der Waals surface area contributed by atoms with E-state index < -0.39 is 0 Å². The van der Waals surface area contributed by atoms with Crippen molar-refractivity contribution in [1.29, 1.82) is 5.26 Å². The topological polar surface area (TPSA) is 36.7 Å². The second kappa shape index (κ2) is 3.41. The standard InChI is InChI=1S/C8H5N2/c9-5-1-3-8-4-2-6-10-7-8/h2-4,6-7H. The normalized spacial score (nSPS) is 9.50. The molecule has 0 bridgehead atoms. The Balaban J connectivity index is 2.79. The van der Waals surface area contributed by atoms with Gasteiger partial charge < -0.3 is 0 Å². The van der Waals surface area contributed by atoms with E-state index in [9.17, 15) is 0 Å². The molecule has 47 valence electrons. The molecule has 0 spiro atoms. The number of aromatic nitrogens is 1. The molecule has 1 rings (SSSR count). The molecule has 0 saturated heterocycles. The summed E-state index contributed by atoms with van der Waals surface area (Å²) in [6.45, 7) is 0. The van der Waals surface area contributed by atoms with Crippen LogP contribution in [0.1, 0.15) is 5.56 Å². The van der Waals surface area contributed by atoms with Crippen molar-refractivity contribution in [3.8, 4) is 6.07 Å². The van der Waals surface area contributed by atoms with Gasteiger partial charge in [0.25, 0.3) is 0 Å². The van der Waals surface area contributed by atoms with Crippen molar-refractivity contribution in [2.75, 3.05) is 0 Å². The minimum absolute atomic E-state index is 0.893. The van der Waals surface area contributed by atoms with Crippen LogP contribution in [-0.2, 0) is 0 Å². The van der Waals surface area contributed by atoms with Crippen molar-refractivity contribution < 1.29 is 0 Å². The Morgan fingerprint density at radius 2 is 2.50 bits per heavy atom. The number of nitrogens with zero attached hydrogens (tertiary/aromatic N) is 2. The fraction of sp³-hybridized carbons (Fsp3) is 0. The van der Waals surface area contributed by atoms with E-state index in [1.54, 1.807) is 24.5 Å². The number of hydrogen-bond donors (Lipinski definition) is 0. The molecule has 1 radical (unpaired) electrons. The van der Waals surface area contributed by atoms with E-state index >= 15 is 0 Å². The van der Waals surface area contributed by atoms with E-state index in [2.05, 4.69) is 11.1 Å². The minimum Gasteiger partial charge on any atom is -0.264 e. The smallest absolute Gasteiger partial charge is 0.101 e. The van der Waals surface area contributed by atoms with Crippen molar-refractivity contribution >= 4 is 6.08 Å². The molecule has 0 saturated carbocycles. The summed E-state index contributed by atoms with van der Waals surface area (Å²) in [5.74, 6) is 0. The maximum atomic E-state index is 8.11. The maximum Gasteiger partial charge on any atom is 0.101 e. The number of rotatable bonds is 1. The third kappa shape index (κ3) is 1.71. The van der Waals surface area contributed by atoms with E-state index in [1.165, 1.54) is 0 Å².